The molecule has 0 saturated heterocycles. The molecule has 0 aliphatic heterocycles. The standard InChI is InChI=1S/C9H13N5S/c1-7-11-6-12-14(7)4-2-3-8-5-15-9(10)13-8/h5-6H,2-4H2,1H3,(H2,10,13). The largest absolute Gasteiger partial charge is 0.375 e. The zero-order valence-corrected chi connectivity index (χ0v) is 9.37. The maximum atomic E-state index is 5.55. The molecule has 0 unspecified atom stereocenters. The molecule has 2 aromatic heterocycles. The summed E-state index contributed by atoms with van der Waals surface area (Å²) in [6, 6.07) is 0. The number of anilines is 1. The lowest BCUT2D eigenvalue weighted by Crippen LogP contribution is -2.03. The van der Waals surface area contributed by atoms with Crippen molar-refractivity contribution in [1.82, 2.24) is 19.7 Å². The molecule has 80 valence electrons. The van der Waals surface area contributed by atoms with Crippen LogP contribution < -0.4 is 5.73 Å². The fourth-order valence-electron chi connectivity index (χ4n) is 1.39. The quantitative estimate of drug-likeness (QED) is 0.847. The number of nitrogens with two attached hydrogens (primary N) is 1. The topological polar surface area (TPSA) is 69.6 Å². The Morgan fingerprint density at radius 3 is 3.00 bits per heavy atom. The number of aryl methyl sites for hydroxylation is 3. The van der Waals surface area contributed by atoms with Crippen LogP contribution in [0.4, 0.5) is 5.13 Å². The molecule has 2 N–H and O–H groups in total. The highest BCUT2D eigenvalue weighted by molar-refractivity contribution is 7.13. The molecule has 0 aliphatic rings. The molecule has 0 atom stereocenters. The Balaban J connectivity index is 1.83. The van der Waals surface area contributed by atoms with Gasteiger partial charge in [0.25, 0.3) is 0 Å². The second kappa shape index (κ2) is 4.39. The number of nitrogen functional groups attached to an aromatic ring is 1. The van der Waals surface area contributed by atoms with Gasteiger partial charge < -0.3 is 5.73 Å². The van der Waals surface area contributed by atoms with Crippen molar-refractivity contribution in [1.29, 1.82) is 0 Å². The minimum atomic E-state index is 0.641. The van der Waals surface area contributed by atoms with Crippen LogP contribution in [0.3, 0.4) is 0 Å². The van der Waals surface area contributed by atoms with Gasteiger partial charge in [0.05, 0.1) is 5.69 Å². The van der Waals surface area contributed by atoms with E-state index in [4.69, 9.17) is 5.73 Å². The summed E-state index contributed by atoms with van der Waals surface area (Å²) in [6.45, 7) is 2.83. The molecule has 6 heteroatoms. The number of rotatable bonds is 4. The van der Waals surface area contributed by atoms with E-state index in [0.717, 1.165) is 30.9 Å². The van der Waals surface area contributed by atoms with Gasteiger partial charge in [-0.3, -0.25) is 4.68 Å². The maximum absolute atomic E-state index is 5.55. The van der Waals surface area contributed by atoms with Crippen LogP contribution in [0.2, 0.25) is 0 Å². The third-order valence-electron chi connectivity index (χ3n) is 2.18. The van der Waals surface area contributed by atoms with E-state index in [1.54, 1.807) is 6.33 Å². The molecular formula is C9H13N5S. The first-order valence-electron chi connectivity index (χ1n) is 4.80. The highest BCUT2D eigenvalue weighted by atomic mass is 32.1. The minimum Gasteiger partial charge on any atom is -0.375 e. The molecule has 0 amide bonds. The van der Waals surface area contributed by atoms with Crippen LogP contribution in [-0.2, 0) is 13.0 Å². The average Bonchev–Trinajstić information content (AvgIpc) is 2.77. The van der Waals surface area contributed by atoms with Crippen LogP contribution in [0, 0.1) is 6.92 Å². The van der Waals surface area contributed by atoms with Gasteiger partial charge in [0, 0.05) is 11.9 Å². The summed E-state index contributed by atoms with van der Waals surface area (Å²) in [5.41, 5.74) is 6.61. The zero-order chi connectivity index (χ0) is 10.7. The Labute approximate surface area is 92.0 Å². The van der Waals surface area contributed by atoms with Crippen LogP contribution in [0.25, 0.3) is 0 Å². The Hall–Kier alpha value is -1.43. The fraction of sp³-hybridized carbons (Fsp3) is 0.444. The van der Waals surface area contributed by atoms with Gasteiger partial charge in [-0.1, -0.05) is 0 Å². The highest BCUT2D eigenvalue weighted by Gasteiger charge is 2.01. The number of aromatic nitrogens is 4. The molecule has 5 nitrogen and oxygen atoms in total. The molecule has 0 radical (unpaired) electrons. The molecule has 0 fully saturated rings. The molecule has 2 rings (SSSR count). The van der Waals surface area contributed by atoms with E-state index in [2.05, 4.69) is 15.1 Å². The molecule has 0 aromatic carbocycles. The molecule has 0 aliphatic carbocycles. The minimum absolute atomic E-state index is 0.641. The monoisotopic (exact) mass is 223 g/mol. The van der Waals surface area contributed by atoms with Gasteiger partial charge in [-0.2, -0.15) is 5.10 Å². The molecule has 0 spiro atoms. The first-order chi connectivity index (χ1) is 7.25. The van der Waals surface area contributed by atoms with E-state index in [0.29, 0.717) is 5.13 Å². The average molecular weight is 223 g/mol. The molecule has 0 saturated carbocycles. The van der Waals surface area contributed by atoms with Crippen molar-refractivity contribution < 1.29 is 0 Å². The lowest BCUT2D eigenvalue weighted by molar-refractivity contribution is 0.560. The molecule has 15 heavy (non-hydrogen) atoms. The number of nitrogens with zero attached hydrogens (tertiary/aromatic N) is 4. The normalized spacial score (nSPS) is 10.7. The van der Waals surface area contributed by atoms with Gasteiger partial charge in [0.2, 0.25) is 0 Å². The summed E-state index contributed by atoms with van der Waals surface area (Å²) >= 11 is 1.49. The van der Waals surface area contributed by atoms with Crippen molar-refractivity contribution in [3.63, 3.8) is 0 Å². The summed E-state index contributed by atoms with van der Waals surface area (Å²) in [5.74, 6) is 0.952. The van der Waals surface area contributed by atoms with E-state index in [-0.39, 0.29) is 0 Å². The van der Waals surface area contributed by atoms with Crippen molar-refractivity contribution in [2.75, 3.05) is 5.73 Å². The van der Waals surface area contributed by atoms with E-state index in [1.807, 2.05) is 17.0 Å². The predicted octanol–water partition coefficient (Wildman–Crippen LogP) is 1.26. The van der Waals surface area contributed by atoms with E-state index in [9.17, 15) is 0 Å². The molecule has 2 heterocycles. The van der Waals surface area contributed by atoms with Crippen LogP contribution in [-0.4, -0.2) is 19.7 Å². The van der Waals surface area contributed by atoms with Crippen LogP contribution in [0.1, 0.15) is 17.9 Å². The summed E-state index contributed by atoms with van der Waals surface area (Å²) in [4.78, 5) is 8.27. The zero-order valence-electron chi connectivity index (χ0n) is 8.55. The van der Waals surface area contributed by atoms with E-state index in [1.165, 1.54) is 11.3 Å². The Morgan fingerprint density at radius 1 is 1.53 bits per heavy atom. The van der Waals surface area contributed by atoms with Crippen LogP contribution >= 0.6 is 11.3 Å². The van der Waals surface area contributed by atoms with Gasteiger partial charge in [-0.25, -0.2) is 9.97 Å². The van der Waals surface area contributed by atoms with Crippen molar-refractivity contribution in [2.45, 2.75) is 26.3 Å². The third-order valence-corrected chi connectivity index (χ3v) is 2.90. The van der Waals surface area contributed by atoms with Crippen molar-refractivity contribution in [3.05, 3.63) is 23.2 Å². The molecular weight excluding hydrogens is 210 g/mol. The summed E-state index contributed by atoms with van der Waals surface area (Å²) in [5, 5.41) is 6.76. The van der Waals surface area contributed by atoms with Gasteiger partial charge >= 0.3 is 0 Å². The van der Waals surface area contributed by atoms with Crippen molar-refractivity contribution in [3.8, 4) is 0 Å². The number of hydrogen-bond acceptors (Lipinski definition) is 5. The first-order valence-corrected chi connectivity index (χ1v) is 5.68. The Kier molecular flexibility index (Phi) is 2.96. The third kappa shape index (κ3) is 2.53. The summed E-state index contributed by atoms with van der Waals surface area (Å²) < 4.78 is 1.90. The second-order valence-electron chi connectivity index (χ2n) is 3.31. The van der Waals surface area contributed by atoms with Crippen LogP contribution in [0.5, 0.6) is 0 Å². The Bertz CT molecular complexity index is 433. The van der Waals surface area contributed by atoms with Gasteiger partial charge in [0.15, 0.2) is 5.13 Å². The second-order valence-corrected chi connectivity index (χ2v) is 4.20. The van der Waals surface area contributed by atoms with Crippen LogP contribution in [0.15, 0.2) is 11.7 Å². The SMILES string of the molecule is Cc1ncnn1CCCc1csc(N)n1. The number of thiazole rings is 1. The lowest BCUT2D eigenvalue weighted by Gasteiger charge is -2.01. The fourth-order valence-corrected chi connectivity index (χ4v) is 1.99. The Morgan fingerprint density at radius 2 is 2.40 bits per heavy atom. The van der Waals surface area contributed by atoms with Crippen molar-refractivity contribution in [2.24, 2.45) is 0 Å². The van der Waals surface area contributed by atoms with Gasteiger partial charge in [-0.05, 0) is 19.8 Å². The predicted molar refractivity (Wildman–Crippen MR) is 59.6 cm³/mol. The summed E-state index contributed by atoms with van der Waals surface area (Å²) in [7, 11) is 0. The van der Waals surface area contributed by atoms with Crippen molar-refractivity contribution >= 4 is 16.5 Å². The van der Waals surface area contributed by atoms with E-state index < -0.39 is 0 Å². The first kappa shape index (κ1) is 10.1. The maximum Gasteiger partial charge on any atom is 0.180 e. The summed E-state index contributed by atoms with van der Waals surface area (Å²) in [6.07, 6.45) is 3.52. The van der Waals surface area contributed by atoms with Gasteiger partial charge in [-0.15, -0.1) is 11.3 Å². The lowest BCUT2D eigenvalue weighted by atomic mass is 10.2. The number of hydrogen-bond donors (Lipinski definition) is 1. The molecule has 0 bridgehead atoms. The molecule has 2 aromatic rings. The smallest absolute Gasteiger partial charge is 0.180 e. The highest BCUT2D eigenvalue weighted by Crippen LogP contribution is 2.12. The van der Waals surface area contributed by atoms with Gasteiger partial charge in [0.1, 0.15) is 12.2 Å². The van der Waals surface area contributed by atoms with E-state index >= 15 is 0 Å².